The Morgan fingerprint density at radius 2 is 2.18 bits per heavy atom. The highest BCUT2D eigenvalue weighted by atomic mass is 32.1. The van der Waals surface area contributed by atoms with E-state index in [0.29, 0.717) is 0 Å². The maximum atomic E-state index is 5.69. The Morgan fingerprint density at radius 1 is 1.35 bits per heavy atom. The van der Waals surface area contributed by atoms with Crippen molar-refractivity contribution in [3.8, 4) is 5.19 Å². The predicted octanol–water partition coefficient (Wildman–Crippen LogP) is 2.61. The summed E-state index contributed by atoms with van der Waals surface area (Å²) in [6.45, 7) is 4.80. The second kappa shape index (κ2) is 6.91. The van der Waals surface area contributed by atoms with Gasteiger partial charge in [0.15, 0.2) is 0 Å². The molecular weight excluding hydrogens is 234 g/mol. The van der Waals surface area contributed by atoms with Crippen molar-refractivity contribution in [3.63, 3.8) is 0 Å². The topological polar surface area (TPSA) is 47.0 Å². The summed E-state index contributed by atoms with van der Waals surface area (Å²) in [5.74, 6) is 0.737. The van der Waals surface area contributed by atoms with Gasteiger partial charge in [-0.15, -0.1) is 10.2 Å². The molecule has 0 spiro atoms. The molecule has 1 saturated carbocycles. The van der Waals surface area contributed by atoms with Crippen LogP contribution in [-0.4, -0.2) is 23.3 Å². The molecule has 2 rings (SSSR count). The van der Waals surface area contributed by atoms with E-state index in [0.717, 1.165) is 42.2 Å². The molecular formula is C12H21N3OS. The predicted molar refractivity (Wildman–Crippen MR) is 69.4 cm³/mol. The average molecular weight is 255 g/mol. The van der Waals surface area contributed by atoms with Crippen molar-refractivity contribution in [2.45, 2.75) is 45.6 Å². The lowest BCUT2D eigenvalue weighted by molar-refractivity contribution is 0.249. The quantitative estimate of drug-likeness (QED) is 0.761. The fourth-order valence-electron chi connectivity index (χ4n) is 2.11. The smallest absolute Gasteiger partial charge is 0.294 e. The van der Waals surface area contributed by atoms with Crippen LogP contribution in [0.3, 0.4) is 0 Å². The standard InChI is InChI=1S/C12H21N3OS/c1-2-7-13-8-11-14-15-12(17-11)16-9-10-5-3-4-6-10/h10,13H,2-9H2,1H3. The normalized spacial score (nSPS) is 16.5. The van der Waals surface area contributed by atoms with E-state index in [1.165, 1.54) is 25.7 Å². The number of hydrogen-bond donors (Lipinski definition) is 1. The van der Waals surface area contributed by atoms with Crippen LogP contribution in [0.2, 0.25) is 0 Å². The molecule has 1 fully saturated rings. The van der Waals surface area contributed by atoms with Crippen LogP contribution >= 0.6 is 11.3 Å². The summed E-state index contributed by atoms with van der Waals surface area (Å²) in [5, 5.41) is 13.2. The highest BCUT2D eigenvalue weighted by Gasteiger charge is 2.16. The fourth-order valence-corrected chi connectivity index (χ4v) is 2.77. The van der Waals surface area contributed by atoms with Crippen LogP contribution in [0.1, 0.15) is 44.0 Å². The van der Waals surface area contributed by atoms with Crippen LogP contribution in [0.4, 0.5) is 0 Å². The van der Waals surface area contributed by atoms with E-state index in [1.807, 2.05) is 0 Å². The van der Waals surface area contributed by atoms with Gasteiger partial charge in [-0.05, 0) is 31.7 Å². The molecule has 0 saturated heterocycles. The average Bonchev–Trinajstić information content (AvgIpc) is 2.98. The molecule has 1 N–H and O–H groups in total. The van der Waals surface area contributed by atoms with Crippen LogP contribution in [0.15, 0.2) is 0 Å². The summed E-state index contributed by atoms with van der Waals surface area (Å²) in [4.78, 5) is 0. The molecule has 0 unspecified atom stereocenters. The van der Waals surface area contributed by atoms with Crippen molar-refractivity contribution in [2.75, 3.05) is 13.2 Å². The summed E-state index contributed by atoms with van der Waals surface area (Å²) < 4.78 is 5.69. The second-order valence-corrected chi connectivity index (χ2v) is 5.62. The monoisotopic (exact) mass is 255 g/mol. The van der Waals surface area contributed by atoms with Gasteiger partial charge in [-0.1, -0.05) is 31.1 Å². The van der Waals surface area contributed by atoms with Gasteiger partial charge in [0.25, 0.3) is 5.19 Å². The summed E-state index contributed by atoms with van der Waals surface area (Å²) in [7, 11) is 0. The number of aromatic nitrogens is 2. The zero-order valence-electron chi connectivity index (χ0n) is 10.4. The second-order valence-electron chi connectivity index (χ2n) is 4.60. The van der Waals surface area contributed by atoms with Gasteiger partial charge in [-0.3, -0.25) is 0 Å². The van der Waals surface area contributed by atoms with E-state index >= 15 is 0 Å². The largest absolute Gasteiger partial charge is 0.469 e. The first-order valence-corrected chi connectivity index (χ1v) is 7.36. The van der Waals surface area contributed by atoms with Crippen LogP contribution in [0.5, 0.6) is 5.19 Å². The van der Waals surface area contributed by atoms with Gasteiger partial charge in [-0.2, -0.15) is 0 Å². The Kier molecular flexibility index (Phi) is 5.19. The molecule has 1 heterocycles. The van der Waals surface area contributed by atoms with Crippen LogP contribution in [-0.2, 0) is 6.54 Å². The highest BCUT2D eigenvalue weighted by molar-refractivity contribution is 7.13. The minimum atomic E-state index is 0.727. The van der Waals surface area contributed by atoms with Gasteiger partial charge >= 0.3 is 0 Å². The minimum absolute atomic E-state index is 0.727. The molecule has 0 atom stereocenters. The molecule has 96 valence electrons. The number of nitrogens with one attached hydrogen (secondary N) is 1. The highest BCUT2D eigenvalue weighted by Crippen LogP contribution is 2.26. The third kappa shape index (κ3) is 4.24. The van der Waals surface area contributed by atoms with E-state index in [2.05, 4.69) is 22.4 Å². The Bertz CT molecular complexity index is 323. The molecule has 4 nitrogen and oxygen atoms in total. The summed E-state index contributed by atoms with van der Waals surface area (Å²) >= 11 is 1.56. The van der Waals surface area contributed by atoms with E-state index in [-0.39, 0.29) is 0 Å². The molecule has 0 bridgehead atoms. The van der Waals surface area contributed by atoms with E-state index < -0.39 is 0 Å². The molecule has 0 aliphatic heterocycles. The van der Waals surface area contributed by atoms with Crippen LogP contribution in [0.25, 0.3) is 0 Å². The number of hydrogen-bond acceptors (Lipinski definition) is 5. The lowest BCUT2D eigenvalue weighted by atomic mass is 10.1. The van der Waals surface area contributed by atoms with Crippen molar-refractivity contribution in [3.05, 3.63) is 5.01 Å². The Hall–Kier alpha value is -0.680. The third-order valence-electron chi connectivity index (χ3n) is 3.07. The lowest BCUT2D eigenvalue weighted by Gasteiger charge is -2.07. The van der Waals surface area contributed by atoms with Crippen molar-refractivity contribution in [1.82, 2.24) is 15.5 Å². The zero-order valence-corrected chi connectivity index (χ0v) is 11.3. The molecule has 0 radical (unpaired) electrons. The summed E-state index contributed by atoms with van der Waals surface area (Å²) in [6.07, 6.45) is 6.48. The van der Waals surface area contributed by atoms with Crippen molar-refractivity contribution >= 4 is 11.3 Å². The molecule has 1 aromatic heterocycles. The van der Waals surface area contributed by atoms with Crippen molar-refractivity contribution in [2.24, 2.45) is 5.92 Å². The van der Waals surface area contributed by atoms with Gasteiger partial charge in [-0.25, -0.2) is 0 Å². The summed E-state index contributed by atoms with van der Waals surface area (Å²) in [5.41, 5.74) is 0. The molecule has 0 aromatic carbocycles. The third-order valence-corrected chi connectivity index (χ3v) is 3.90. The first-order chi connectivity index (χ1) is 8.38. The Labute approximate surface area is 107 Å². The Morgan fingerprint density at radius 3 is 2.94 bits per heavy atom. The van der Waals surface area contributed by atoms with E-state index in [4.69, 9.17) is 4.74 Å². The Balaban J connectivity index is 1.69. The maximum absolute atomic E-state index is 5.69. The van der Waals surface area contributed by atoms with Crippen LogP contribution in [0, 0.1) is 5.92 Å². The maximum Gasteiger partial charge on any atom is 0.294 e. The van der Waals surface area contributed by atoms with Gasteiger partial charge in [0, 0.05) is 6.54 Å². The molecule has 1 aliphatic carbocycles. The van der Waals surface area contributed by atoms with Gasteiger partial charge in [0.05, 0.1) is 6.61 Å². The number of ether oxygens (including phenoxy) is 1. The summed E-state index contributed by atoms with van der Waals surface area (Å²) in [6, 6.07) is 0. The van der Waals surface area contributed by atoms with Crippen molar-refractivity contribution in [1.29, 1.82) is 0 Å². The minimum Gasteiger partial charge on any atom is -0.469 e. The first kappa shape index (κ1) is 12.8. The van der Waals surface area contributed by atoms with E-state index in [9.17, 15) is 0 Å². The van der Waals surface area contributed by atoms with Crippen molar-refractivity contribution < 1.29 is 4.74 Å². The number of rotatable bonds is 7. The van der Waals surface area contributed by atoms with Crippen LogP contribution < -0.4 is 10.1 Å². The first-order valence-electron chi connectivity index (χ1n) is 6.54. The zero-order chi connectivity index (χ0) is 11.9. The molecule has 5 heteroatoms. The van der Waals surface area contributed by atoms with E-state index in [1.54, 1.807) is 11.3 Å². The lowest BCUT2D eigenvalue weighted by Crippen LogP contribution is -2.13. The molecule has 1 aromatic rings. The fraction of sp³-hybridized carbons (Fsp3) is 0.833. The van der Waals surface area contributed by atoms with Gasteiger partial charge in [0.2, 0.25) is 0 Å². The number of nitrogens with zero attached hydrogens (tertiary/aromatic N) is 2. The van der Waals surface area contributed by atoms with Gasteiger partial charge in [0.1, 0.15) is 5.01 Å². The van der Waals surface area contributed by atoms with Gasteiger partial charge < -0.3 is 10.1 Å². The molecule has 17 heavy (non-hydrogen) atoms. The molecule has 0 amide bonds. The SMILES string of the molecule is CCCNCc1nnc(OCC2CCCC2)s1. The molecule has 1 aliphatic rings.